The molecule has 17 nitrogen and oxygen atoms in total. The van der Waals surface area contributed by atoms with Gasteiger partial charge in [0.15, 0.2) is 12.3 Å². The number of likely N-dealkylation sites (N-methyl/N-ethyl adjacent to an activating group) is 1. The summed E-state index contributed by atoms with van der Waals surface area (Å²) in [7, 11) is 1.77. The lowest BCUT2D eigenvalue weighted by atomic mass is 10.1. The molecular weight excluding hydrogens is 714 g/mol. The van der Waals surface area contributed by atoms with Gasteiger partial charge in [-0.05, 0) is 49.8 Å². The van der Waals surface area contributed by atoms with Crippen LogP contribution in [0.5, 0.6) is 5.88 Å². The minimum Gasteiger partial charge on any atom is -0.481 e. The van der Waals surface area contributed by atoms with Gasteiger partial charge in [-0.1, -0.05) is 48.5 Å². The van der Waals surface area contributed by atoms with E-state index in [4.69, 9.17) is 14.3 Å². The lowest BCUT2D eigenvalue weighted by molar-refractivity contribution is -0.158. The van der Waals surface area contributed by atoms with E-state index in [1.165, 1.54) is 20.7 Å². The fourth-order valence-electron chi connectivity index (χ4n) is 6.58. The number of amides is 4. The Morgan fingerprint density at radius 2 is 1.62 bits per heavy atom. The summed E-state index contributed by atoms with van der Waals surface area (Å²) in [6.45, 7) is 0.664. The third-order valence-electron chi connectivity index (χ3n) is 9.76. The normalized spacial score (nSPS) is 17.6. The number of para-hydroxylation sites is 1. The summed E-state index contributed by atoms with van der Waals surface area (Å²) in [6, 6.07) is 17.7. The second-order valence-corrected chi connectivity index (χ2v) is 13.7. The molecule has 1 saturated carbocycles. The average molecular weight is 760 g/mol. The number of hydrogen-bond acceptors (Lipinski definition) is 11. The first-order valence-corrected chi connectivity index (χ1v) is 18.4. The monoisotopic (exact) mass is 759 g/mol. The van der Waals surface area contributed by atoms with E-state index >= 15 is 0 Å². The van der Waals surface area contributed by atoms with Gasteiger partial charge in [-0.25, -0.2) is 9.48 Å². The number of carbonyl (C=O) groups excluding carboxylic acids is 5. The number of hydrogen-bond donors (Lipinski definition) is 2. The quantitative estimate of drug-likeness (QED) is 0.215. The summed E-state index contributed by atoms with van der Waals surface area (Å²) in [5, 5.41) is 17.8. The summed E-state index contributed by atoms with van der Waals surface area (Å²) in [4.78, 5) is 87.6. The molecule has 3 fully saturated rings. The van der Waals surface area contributed by atoms with Gasteiger partial charge in [0.1, 0.15) is 18.7 Å². The van der Waals surface area contributed by atoms with Gasteiger partial charge in [0.05, 0.1) is 18.8 Å². The number of aromatic nitrogens is 2. The summed E-state index contributed by atoms with van der Waals surface area (Å²) < 4.78 is 12.5. The van der Waals surface area contributed by atoms with Crippen molar-refractivity contribution in [3.05, 3.63) is 78.0 Å². The van der Waals surface area contributed by atoms with Crippen LogP contribution < -0.4 is 10.1 Å². The molecule has 6 rings (SSSR count). The predicted octanol–water partition coefficient (Wildman–Crippen LogP) is 2.24. The Balaban J connectivity index is 1.08. The van der Waals surface area contributed by atoms with E-state index in [-0.39, 0.29) is 68.6 Å². The number of ether oxygens (including phenoxy) is 2. The van der Waals surface area contributed by atoms with Crippen LogP contribution in [0.4, 0.5) is 4.79 Å². The molecule has 3 aromatic rings. The van der Waals surface area contributed by atoms with Crippen molar-refractivity contribution < 1.29 is 48.2 Å². The number of likely N-dealkylation sites (tertiary alicyclic amines) is 1. The van der Waals surface area contributed by atoms with Crippen molar-refractivity contribution >= 4 is 35.8 Å². The molecule has 17 heteroatoms. The minimum atomic E-state index is -1.21. The largest absolute Gasteiger partial charge is 0.528 e. The van der Waals surface area contributed by atoms with Gasteiger partial charge < -0.3 is 39.4 Å². The van der Waals surface area contributed by atoms with Crippen LogP contribution in [-0.2, 0) is 35.4 Å². The van der Waals surface area contributed by atoms with Crippen molar-refractivity contribution in [1.29, 1.82) is 0 Å². The van der Waals surface area contributed by atoms with Crippen molar-refractivity contribution in [3.8, 4) is 11.6 Å². The van der Waals surface area contributed by atoms with Crippen molar-refractivity contribution in [2.45, 2.75) is 63.3 Å². The summed E-state index contributed by atoms with van der Waals surface area (Å²) >= 11 is 0. The van der Waals surface area contributed by atoms with E-state index in [0.29, 0.717) is 25.1 Å². The molecule has 0 spiro atoms. The smallest absolute Gasteiger partial charge is 0.481 e. The predicted molar refractivity (Wildman–Crippen MR) is 194 cm³/mol. The number of piperazine rings is 1. The number of nitrogens with one attached hydrogen (secondary N) is 1. The molecule has 55 heavy (non-hydrogen) atoms. The molecule has 2 aromatic carbocycles. The molecule has 2 N–H and O–H groups in total. The number of carboxylic acid groups (broad SMARTS) is 1. The van der Waals surface area contributed by atoms with Crippen molar-refractivity contribution in [2.24, 2.45) is 0 Å². The average Bonchev–Trinajstić information content (AvgIpc) is 3.77. The van der Waals surface area contributed by atoms with Crippen molar-refractivity contribution in [1.82, 2.24) is 34.9 Å². The van der Waals surface area contributed by atoms with Crippen molar-refractivity contribution in [3.63, 3.8) is 0 Å². The zero-order valence-electron chi connectivity index (χ0n) is 30.6. The summed E-state index contributed by atoms with van der Waals surface area (Å²) in [6.07, 6.45) is 1.73. The second-order valence-electron chi connectivity index (χ2n) is 13.7. The highest BCUT2D eigenvalue weighted by Gasteiger charge is 2.40. The Bertz CT molecular complexity index is 1840. The molecule has 2 atom stereocenters. The fourth-order valence-corrected chi connectivity index (χ4v) is 6.58. The Hall–Kier alpha value is -5.97. The van der Waals surface area contributed by atoms with Crippen LogP contribution >= 0.6 is 0 Å². The second kappa shape index (κ2) is 17.9. The Morgan fingerprint density at radius 3 is 2.29 bits per heavy atom. The molecule has 2 saturated heterocycles. The lowest BCUT2D eigenvalue weighted by Gasteiger charge is -2.35. The van der Waals surface area contributed by atoms with Crippen molar-refractivity contribution in [2.75, 3.05) is 46.4 Å². The van der Waals surface area contributed by atoms with Gasteiger partial charge in [-0.2, -0.15) is 5.10 Å². The summed E-state index contributed by atoms with van der Waals surface area (Å²) in [5.41, 5.74) is 1.20. The van der Waals surface area contributed by atoms with E-state index in [9.17, 15) is 33.9 Å². The van der Waals surface area contributed by atoms with E-state index in [1.54, 1.807) is 47.2 Å². The molecule has 0 radical (unpaired) electrons. The topological polar surface area (TPSA) is 193 Å². The molecule has 292 valence electrons. The molecule has 0 unspecified atom stereocenters. The highest BCUT2D eigenvalue weighted by molar-refractivity contribution is 5.96. The number of carbonyl (C=O) groups is 6. The third-order valence-corrected chi connectivity index (χ3v) is 9.76. The Morgan fingerprint density at radius 1 is 0.927 bits per heavy atom. The number of benzene rings is 2. The highest BCUT2D eigenvalue weighted by atomic mass is 16.8. The van der Waals surface area contributed by atoms with E-state index < -0.39 is 49.1 Å². The van der Waals surface area contributed by atoms with Crippen LogP contribution in [0.3, 0.4) is 0 Å². The maximum atomic E-state index is 13.7. The fraction of sp³-hybridized carbons (Fsp3) is 0.447. The van der Waals surface area contributed by atoms with E-state index in [2.05, 4.69) is 10.4 Å². The molecule has 1 aromatic heterocycles. The Kier molecular flexibility index (Phi) is 12.6. The molecule has 3 heterocycles. The van der Waals surface area contributed by atoms with Crippen LogP contribution in [0.15, 0.2) is 66.7 Å². The minimum absolute atomic E-state index is 0.0396. The first kappa shape index (κ1) is 38.7. The molecule has 0 bridgehead atoms. The van der Waals surface area contributed by atoms with E-state index in [0.717, 1.165) is 18.4 Å². The van der Waals surface area contributed by atoms with Gasteiger partial charge in [0, 0.05) is 45.2 Å². The molecule has 2 aliphatic heterocycles. The summed E-state index contributed by atoms with van der Waals surface area (Å²) in [5.74, 6) is -2.79. The molecule has 1 aliphatic carbocycles. The van der Waals surface area contributed by atoms with Gasteiger partial charge in [0.2, 0.25) is 17.7 Å². The number of carboxylic acids is 1. The zero-order valence-corrected chi connectivity index (χ0v) is 30.6. The van der Waals surface area contributed by atoms with E-state index in [1.807, 2.05) is 30.3 Å². The van der Waals surface area contributed by atoms with Crippen LogP contribution in [0.25, 0.3) is 5.69 Å². The number of rotatable bonds is 15. The maximum Gasteiger partial charge on any atom is 0.528 e. The van der Waals surface area contributed by atoms with Crippen LogP contribution in [0.1, 0.15) is 54.6 Å². The number of hydroxylamine groups is 2. The van der Waals surface area contributed by atoms with Gasteiger partial charge in [-0.15, -0.1) is 5.06 Å². The van der Waals surface area contributed by atoms with Crippen LogP contribution in [0, 0.1) is 0 Å². The van der Waals surface area contributed by atoms with Crippen LogP contribution in [-0.4, -0.2) is 135 Å². The number of nitrogens with zero attached hydrogens (tertiary/aromatic N) is 6. The highest BCUT2D eigenvalue weighted by Crippen LogP contribution is 2.29. The standard InChI is InChI=1S/C38H45N7O10/c1-41(27-14-15-27)37(51)31-13-8-18-44(31)32(46)25-53-33-23-30(40-45(33)28-11-6-3-7-12-28)35(49)39-29(16-17-34(47)48)36(50)42-19-21-43(22-20-42)55-38(52)54-24-26-9-4-2-5-10-26/h2-7,9-12,23,27,29,31H,8,13-22,24-25H2,1H3,(H,39,49)(H,47,48)/t29-,31-/m0/s1. The van der Waals surface area contributed by atoms with Gasteiger partial charge in [-0.3, -0.25) is 24.0 Å². The SMILES string of the molecule is CN(C(=O)[C@@H]1CCCN1C(=O)COc1cc(C(=O)N[C@@H](CCC(=O)O)C(=O)N2CCN(OC(=O)OCc3ccccc3)CC2)nn1-c1ccccc1)C1CC1. The molecular formula is C38H45N7O10. The maximum absolute atomic E-state index is 13.7. The lowest BCUT2D eigenvalue weighted by Crippen LogP contribution is -2.55. The van der Waals surface area contributed by atoms with Gasteiger partial charge in [0.25, 0.3) is 11.8 Å². The molecule has 4 amide bonds. The first-order chi connectivity index (χ1) is 26.6. The van der Waals surface area contributed by atoms with Crippen LogP contribution in [0.2, 0.25) is 0 Å². The molecule has 3 aliphatic rings. The first-order valence-electron chi connectivity index (χ1n) is 18.4. The Labute approximate surface area is 317 Å². The van der Waals surface area contributed by atoms with Gasteiger partial charge >= 0.3 is 12.1 Å². The number of aliphatic carboxylic acids is 1. The zero-order chi connectivity index (χ0) is 38.9. The third kappa shape index (κ3) is 10.2.